The molecule has 0 bridgehead atoms. The van der Waals surface area contributed by atoms with E-state index in [9.17, 15) is 27.9 Å². The minimum Gasteiger partial charge on any atom is -0.380 e. The van der Waals surface area contributed by atoms with Gasteiger partial charge in [0.15, 0.2) is 15.6 Å². The zero-order valence-electron chi connectivity index (χ0n) is 22.5. The van der Waals surface area contributed by atoms with E-state index >= 15 is 0 Å². The number of carbonyl (C=O) groups is 3. The van der Waals surface area contributed by atoms with E-state index in [4.69, 9.17) is 4.74 Å². The van der Waals surface area contributed by atoms with E-state index in [1.165, 1.54) is 0 Å². The fourth-order valence-electron chi connectivity index (χ4n) is 4.85. The average Bonchev–Trinajstić information content (AvgIpc) is 2.94. The number of amides is 2. The highest BCUT2D eigenvalue weighted by Gasteiger charge is 2.40. The molecule has 2 aromatic carbocycles. The number of carbonyl (C=O) groups excluding carboxylic acids is 3. The summed E-state index contributed by atoms with van der Waals surface area (Å²) in [5.74, 6) is -2.95. The number of ether oxygens (including phenoxy) is 1. The number of Topliss-reactive ketones (excluding diaryl/α,β-unsaturated/α-hetero) is 1. The topological polar surface area (TPSA) is 130 Å². The first-order chi connectivity index (χ1) is 18.6. The molecule has 0 aromatic heterocycles. The van der Waals surface area contributed by atoms with E-state index in [0.29, 0.717) is 43.9 Å². The number of rotatable bonds is 13. The Balaban J connectivity index is 1.94. The molecule has 4 atom stereocenters. The van der Waals surface area contributed by atoms with Crippen LogP contribution in [0.15, 0.2) is 60.7 Å². The van der Waals surface area contributed by atoms with Crippen LogP contribution >= 0.6 is 0 Å². The third-order valence-corrected chi connectivity index (χ3v) is 8.46. The van der Waals surface area contributed by atoms with Gasteiger partial charge in [0, 0.05) is 25.8 Å². The zero-order chi connectivity index (χ0) is 28.4. The highest BCUT2D eigenvalue weighted by molar-refractivity contribution is 7.91. The van der Waals surface area contributed by atoms with Crippen molar-refractivity contribution in [3.05, 3.63) is 71.8 Å². The Morgan fingerprint density at radius 2 is 1.54 bits per heavy atom. The Hall–Kier alpha value is -3.08. The molecule has 1 aliphatic heterocycles. The standard InChI is InChI=1S/C29H38N2O7S/c1-3-4-15-24(27(34)26(33)21-11-7-5-8-12-21)30-29(35)23(20-25(32)31-16-18-38-19-17-31)28(39(2,36)37)22-13-9-6-10-14-22/h5-14,23-24,26,28,33H,3-4,15-20H2,1-2H3,(H,30,35). The fourth-order valence-corrected chi connectivity index (χ4v) is 6.32. The Labute approximate surface area is 230 Å². The van der Waals surface area contributed by atoms with Crippen LogP contribution < -0.4 is 5.32 Å². The van der Waals surface area contributed by atoms with Crippen molar-refractivity contribution in [1.29, 1.82) is 0 Å². The van der Waals surface area contributed by atoms with Crippen LogP contribution in [0.4, 0.5) is 0 Å². The van der Waals surface area contributed by atoms with Gasteiger partial charge in [0.2, 0.25) is 11.8 Å². The molecule has 2 aromatic rings. The summed E-state index contributed by atoms with van der Waals surface area (Å²) in [7, 11) is -3.86. The van der Waals surface area contributed by atoms with Crippen LogP contribution in [0, 0.1) is 5.92 Å². The number of sulfone groups is 1. The third-order valence-electron chi connectivity index (χ3n) is 6.94. The second-order valence-corrected chi connectivity index (χ2v) is 12.1. The number of unbranched alkanes of at least 4 members (excludes halogenated alkanes) is 1. The predicted molar refractivity (Wildman–Crippen MR) is 147 cm³/mol. The number of hydrogen-bond acceptors (Lipinski definition) is 7. The van der Waals surface area contributed by atoms with Crippen LogP contribution in [0.1, 0.15) is 55.1 Å². The Morgan fingerprint density at radius 3 is 2.08 bits per heavy atom. The maximum absolute atomic E-state index is 13.9. The molecule has 4 unspecified atom stereocenters. The van der Waals surface area contributed by atoms with E-state index in [-0.39, 0.29) is 18.7 Å². The first-order valence-corrected chi connectivity index (χ1v) is 15.2. The summed E-state index contributed by atoms with van der Waals surface area (Å²) < 4.78 is 31.5. The lowest BCUT2D eigenvalue weighted by Crippen LogP contribution is -2.49. The van der Waals surface area contributed by atoms with Crippen LogP contribution in [0.2, 0.25) is 0 Å². The van der Waals surface area contributed by atoms with Crippen LogP contribution in [-0.4, -0.2) is 74.6 Å². The molecule has 3 rings (SSSR count). The molecule has 0 saturated carbocycles. The summed E-state index contributed by atoms with van der Waals surface area (Å²) in [6.45, 7) is 3.37. The first kappa shape index (κ1) is 30.5. The van der Waals surface area contributed by atoms with Gasteiger partial charge in [-0.2, -0.15) is 0 Å². The lowest BCUT2D eigenvalue weighted by atomic mass is 9.91. The maximum Gasteiger partial charge on any atom is 0.225 e. The van der Waals surface area contributed by atoms with Crippen LogP contribution in [0.5, 0.6) is 0 Å². The van der Waals surface area contributed by atoms with Crippen molar-refractivity contribution in [3.63, 3.8) is 0 Å². The molecule has 1 saturated heterocycles. The summed E-state index contributed by atoms with van der Waals surface area (Å²) in [5, 5.41) is 12.2. The van der Waals surface area contributed by atoms with Gasteiger partial charge < -0.3 is 20.1 Å². The van der Waals surface area contributed by atoms with Crippen molar-refractivity contribution in [2.75, 3.05) is 32.6 Å². The van der Waals surface area contributed by atoms with E-state index in [2.05, 4.69) is 5.32 Å². The normalized spacial score (nSPS) is 17.1. The van der Waals surface area contributed by atoms with Gasteiger partial charge in [-0.15, -0.1) is 0 Å². The van der Waals surface area contributed by atoms with Gasteiger partial charge >= 0.3 is 0 Å². The number of aliphatic hydroxyl groups excluding tert-OH is 1. The van der Waals surface area contributed by atoms with Crippen LogP contribution in [-0.2, 0) is 29.0 Å². The lowest BCUT2D eigenvalue weighted by molar-refractivity contribution is -0.140. The lowest BCUT2D eigenvalue weighted by Gasteiger charge is -2.31. The van der Waals surface area contributed by atoms with Crippen molar-refractivity contribution in [1.82, 2.24) is 10.2 Å². The fraction of sp³-hybridized carbons (Fsp3) is 0.483. The smallest absolute Gasteiger partial charge is 0.225 e. The molecular formula is C29H38N2O7S. The van der Waals surface area contributed by atoms with Gasteiger partial charge in [-0.05, 0) is 17.5 Å². The van der Waals surface area contributed by atoms with E-state index in [1.807, 2.05) is 6.92 Å². The van der Waals surface area contributed by atoms with Gasteiger partial charge in [0.05, 0.1) is 30.4 Å². The van der Waals surface area contributed by atoms with Gasteiger partial charge in [-0.25, -0.2) is 8.42 Å². The van der Waals surface area contributed by atoms with E-state index in [1.54, 1.807) is 65.6 Å². The number of benzene rings is 2. The van der Waals surface area contributed by atoms with E-state index in [0.717, 1.165) is 12.7 Å². The molecule has 1 aliphatic rings. The second-order valence-electron chi connectivity index (χ2n) is 9.88. The molecule has 2 amide bonds. The molecule has 39 heavy (non-hydrogen) atoms. The van der Waals surface area contributed by atoms with Crippen molar-refractivity contribution < 1.29 is 32.6 Å². The largest absolute Gasteiger partial charge is 0.380 e. The molecule has 2 N–H and O–H groups in total. The quantitative estimate of drug-likeness (QED) is 0.387. The first-order valence-electron chi connectivity index (χ1n) is 13.3. The molecule has 1 fully saturated rings. The van der Waals surface area contributed by atoms with Crippen molar-refractivity contribution >= 4 is 27.4 Å². The van der Waals surface area contributed by atoms with Crippen LogP contribution in [0.3, 0.4) is 0 Å². The third kappa shape index (κ3) is 8.45. The molecule has 1 heterocycles. The monoisotopic (exact) mass is 558 g/mol. The average molecular weight is 559 g/mol. The molecule has 10 heteroatoms. The second kappa shape index (κ2) is 14.3. The van der Waals surface area contributed by atoms with Crippen molar-refractivity contribution in [3.8, 4) is 0 Å². The number of hydrogen-bond donors (Lipinski definition) is 2. The zero-order valence-corrected chi connectivity index (χ0v) is 23.3. The SMILES string of the molecule is CCCCC(NC(=O)C(CC(=O)N1CCOCC1)C(c1ccccc1)S(C)(=O)=O)C(=O)C(O)c1ccccc1. The van der Waals surface area contributed by atoms with Gasteiger partial charge in [-0.1, -0.05) is 80.4 Å². The summed E-state index contributed by atoms with van der Waals surface area (Å²) in [6.07, 6.45) is 0.850. The summed E-state index contributed by atoms with van der Waals surface area (Å²) in [4.78, 5) is 42.0. The Kier molecular flexibility index (Phi) is 11.2. The number of nitrogens with zero attached hydrogens (tertiary/aromatic N) is 1. The van der Waals surface area contributed by atoms with E-state index < -0.39 is 44.8 Å². The minimum absolute atomic E-state index is 0.268. The highest BCUT2D eigenvalue weighted by atomic mass is 32.2. The number of morpholine rings is 1. The van der Waals surface area contributed by atoms with Crippen molar-refractivity contribution in [2.45, 2.75) is 50.0 Å². The van der Waals surface area contributed by atoms with Gasteiger partial charge in [-0.3, -0.25) is 14.4 Å². The number of aliphatic hydroxyl groups is 1. The van der Waals surface area contributed by atoms with Gasteiger partial charge in [0.1, 0.15) is 6.10 Å². The molecular weight excluding hydrogens is 520 g/mol. The predicted octanol–water partition coefficient (Wildman–Crippen LogP) is 2.62. The van der Waals surface area contributed by atoms with Gasteiger partial charge in [0.25, 0.3) is 0 Å². The molecule has 9 nitrogen and oxygen atoms in total. The molecule has 0 aliphatic carbocycles. The minimum atomic E-state index is -3.86. The van der Waals surface area contributed by atoms with Crippen molar-refractivity contribution in [2.24, 2.45) is 5.92 Å². The molecule has 212 valence electrons. The summed E-state index contributed by atoms with van der Waals surface area (Å²) >= 11 is 0. The highest BCUT2D eigenvalue weighted by Crippen LogP contribution is 2.33. The molecule has 0 spiro atoms. The number of nitrogens with one attached hydrogen (secondary N) is 1. The maximum atomic E-state index is 13.9. The van der Waals surface area contributed by atoms with Crippen LogP contribution in [0.25, 0.3) is 0 Å². The molecule has 0 radical (unpaired) electrons. The summed E-state index contributed by atoms with van der Waals surface area (Å²) in [5.41, 5.74) is 0.784. The number of ketones is 1. The summed E-state index contributed by atoms with van der Waals surface area (Å²) in [6, 6.07) is 15.7. The Morgan fingerprint density at radius 1 is 0.974 bits per heavy atom. The Bertz CT molecular complexity index is 1200.